The molecule has 0 aliphatic carbocycles. The number of hydrogen-bond acceptors (Lipinski definition) is 3. The van der Waals surface area contributed by atoms with Crippen molar-refractivity contribution >= 4 is 17.5 Å². The van der Waals surface area contributed by atoms with E-state index in [0.29, 0.717) is 23.7 Å². The van der Waals surface area contributed by atoms with Gasteiger partial charge < -0.3 is 10.1 Å². The number of halogens is 1. The van der Waals surface area contributed by atoms with E-state index in [9.17, 15) is 4.79 Å². The van der Waals surface area contributed by atoms with E-state index in [1.54, 1.807) is 30.5 Å². The molecule has 0 bridgehead atoms. The smallest absolute Gasteiger partial charge is 0.257 e. The Morgan fingerprint density at radius 2 is 2.15 bits per heavy atom. The molecule has 0 radical (unpaired) electrons. The number of pyridine rings is 1. The number of rotatable bonds is 6. The predicted molar refractivity (Wildman–Crippen MR) is 77.9 cm³/mol. The molecule has 104 valence electrons. The molecule has 1 aromatic heterocycles. The van der Waals surface area contributed by atoms with E-state index in [0.717, 1.165) is 5.69 Å². The first-order chi connectivity index (χ1) is 9.74. The number of carbonyl (C=O) groups excluding carboxylic acids is 1. The van der Waals surface area contributed by atoms with Crippen LogP contribution in [0.25, 0.3) is 0 Å². The lowest BCUT2D eigenvalue weighted by Gasteiger charge is -2.07. The highest BCUT2D eigenvalue weighted by Gasteiger charge is 2.03. The molecule has 1 amide bonds. The van der Waals surface area contributed by atoms with Gasteiger partial charge in [-0.2, -0.15) is 0 Å². The Bertz CT molecular complexity index is 561. The molecule has 0 fully saturated rings. The Morgan fingerprint density at radius 1 is 1.25 bits per heavy atom. The third kappa shape index (κ3) is 4.90. The molecule has 0 saturated heterocycles. The van der Waals surface area contributed by atoms with E-state index in [-0.39, 0.29) is 12.5 Å². The van der Waals surface area contributed by atoms with Crippen LogP contribution in [0, 0.1) is 0 Å². The Hall–Kier alpha value is -2.07. The highest BCUT2D eigenvalue weighted by molar-refractivity contribution is 6.30. The third-order valence-electron chi connectivity index (χ3n) is 2.60. The average Bonchev–Trinajstić information content (AvgIpc) is 2.46. The van der Waals surface area contributed by atoms with E-state index in [2.05, 4.69) is 10.3 Å². The molecule has 0 unspecified atom stereocenters. The molecule has 0 atom stereocenters. The zero-order chi connectivity index (χ0) is 14.2. The van der Waals surface area contributed by atoms with Gasteiger partial charge in [0.15, 0.2) is 6.61 Å². The van der Waals surface area contributed by atoms with Crippen molar-refractivity contribution in [1.29, 1.82) is 0 Å². The van der Waals surface area contributed by atoms with Gasteiger partial charge in [0, 0.05) is 29.9 Å². The number of benzene rings is 1. The van der Waals surface area contributed by atoms with E-state index in [1.165, 1.54) is 0 Å². The molecule has 0 aliphatic rings. The second-order valence-corrected chi connectivity index (χ2v) is 4.60. The fourth-order valence-corrected chi connectivity index (χ4v) is 1.81. The van der Waals surface area contributed by atoms with Crippen LogP contribution < -0.4 is 10.1 Å². The average molecular weight is 291 g/mol. The van der Waals surface area contributed by atoms with Gasteiger partial charge in [0.2, 0.25) is 0 Å². The minimum absolute atomic E-state index is 0.0252. The SMILES string of the molecule is O=C(COc1cccc(Cl)c1)NCCc1ccccn1. The van der Waals surface area contributed by atoms with Crippen molar-refractivity contribution in [3.05, 3.63) is 59.4 Å². The second-order valence-electron chi connectivity index (χ2n) is 4.17. The maximum absolute atomic E-state index is 11.6. The number of nitrogens with zero attached hydrogens (tertiary/aromatic N) is 1. The van der Waals surface area contributed by atoms with Gasteiger partial charge in [-0.3, -0.25) is 9.78 Å². The van der Waals surface area contributed by atoms with Crippen molar-refractivity contribution in [1.82, 2.24) is 10.3 Å². The second kappa shape index (κ2) is 7.50. The fourth-order valence-electron chi connectivity index (χ4n) is 1.63. The van der Waals surface area contributed by atoms with Crippen LogP contribution in [0.15, 0.2) is 48.7 Å². The van der Waals surface area contributed by atoms with Crippen LogP contribution in [0.3, 0.4) is 0 Å². The normalized spacial score (nSPS) is 10.1. The van der Waals surface area contributed by atoms with Gasteiger partial charge in [0.1, 0.15) is 5.75 Å². The van der Waals surface area contributed by atoms with Crippen LogP contribution >= 0.6 is 11.6 Å². The standard InChI is InChI=1S/C15H15ClN2O2/c16-12-4-3-6-14(10-12)20-11-15(19)18-9-7-13-5-1-2-8-17-13/h1-6,8,10H,7,9,11H2,(H,18,19). The molecular formula is C15H15ClN2O2. The van der Waals surface area contributed by atoms with Gasteiger partial charge in [-0.05, 0) is 30.3 Å². The van der Waals surface area contributed by atoms with E-state index >= 15 is 0 Å². The Kier molecular flexibility index (Phi) is 5.38. The molecule has 2 rings (SSSR count). The molecule has 1 aromatic carbocycles. The summed E-state index contributed by atoms with van der Waals surface area (Å²) in [5.74, 6) is 0.415. The summed E-state index contributed by atoms with van der Waals surface area (Å²) in [6, 6.07) is 12.7. The molecule has 1 heterocycles. The third-order valence-corrected chi connectivity index (χ3v) is 2.83. The molecule has 20 heavy (non-hydrogen) atoms. The van der Waals surface area contributed by atoms with Crippen molar-refractivity contribution in [3.8, 4) is 5.75 Å². The molecule has 2 aromatic rings. The van der Waals surface area contributed by atoms with Gasteiger partial charge in [0.25, 0.3) is 5.91 Å². The van der Waals surface area contributed by atoms with E-state index in [4.69, 9.17) is 16.3 Å². The van der Waals surface area contributed by atoms with Crippen LogP contribution in [0.2, 0.25) is 5.02 Å². The molecule has 1 N–H and O–H groups in total. The molecule has 0 aliphatic heterocycles. The van der Waals surface area contributed by atoms with Crippen molar-refractivity contribution in [2.45, 2.75) is 6.42 Å². The number of hydrogen-bond donors (Lipinski definition) is 1. The van der Waals surface area contributed by atoms with Crippen molar-refractivity contribution < 1.29 is 9.53 Å². The number of ether oxygens (including phenoxy) is 1. The Morgan fingerprint density at radius 3 is 2.90 bits per heavy atom. The van der Waals surface area contributed by atoms with Crippen LogP contribution in [0.5, 0.6) is 5.75 Å². The van der Waals surface area contributed by atoms with Crippen LogP contribution in [0.4, 0.5) is 0 Å². The first kappa shape index (κ1) is 14.3. The van der Waals surface area contributed by atoms with Crippen molar-refractivity contribution in [3.63, 3.8) is 0 Å². The highest BCUT2D eigenvalue weighted by atomic mass is 35.5. The van der Waals surface area contributed by atoms with Crippen LogP contribution in [-0.2, 0) is 11.2 Å². The zero-order valence-corrected chi connectivity index (χ0v) is 11.6. The minimum Gasteiger partial charge on any atom is -0.484 e. The lowest BCUT2D eigenvalue weighted by Crippen LogP contribution is -2.30. The summed E-state index contributed by atoms with van der Waals surface area (Å²) < 4.78 is 5.34. The lowest BCUT2D eigenvalue weighted by atomic mass is 10.3. The predicted octanol–water partition coefficient (Wildman–Crippen LogP) is 2.47. The van der Waals surface area contributed by atoms with Crippen molar-refractivity contribution in [2.75, 3.05) is 13.2 Å². The first-order valence-corrected chi connectivity index (χ1v) is 6.67. The first-order valence-electron chi connectivity index (χ1n) is 6.29. The molecule has 0 saturated carbocycles. The monoisotopic (exact) mass is 290 g/mol. The maximum Gasteiger partial charge on any atom is 0.257 e. The Labute approximate surface area is 122 Å². The zero-order valence-electron chi connectivity index (χ0n) is 10.9. The number of nitrogens with one attached hydrogen (secondary N) is 1. The summed E-state index contributed by atoms with van der Waals surface area (Å²) in [6.45, 7) is 0.511. The number of carbonyl (C=O) groups is 1. The van der Waals surface area contributed by atoms with E-state index < -0.39 is 0 Å². The lowest BCUT2D eigenvalue weighted by molar-refractivity contribution is -0.123. The summed E-state index contributed by atoms with van der Waals surface area (Å²) in [6.07, 6.45) is 2.43. The summed E-state index contributed by atoms with van der Waals surface area (Å²) in [5.41, 5.74) is 0.948. The summed E-state index contributed by atoms with van der Waals surface area (Å²) >= 11 is 5.82. The largest absolute Gasteiger partial charge is 0.484 e. The van der Waals surface area contributed by atoms with Crippen molar-refractivity contribution in [2.24, 2.45) is 0 Å². The number of amides is 1. The Balaban J connectivity index is 1.68. The highest BCUT2D eigenvalue weighted by Crippen LogP contribution is 2.16. The molecular weight excluding hydrogens is 276 g/mol. The van der Waals surface area contributed by atoms with Crippen LogP contribution in [0.1, 0.15) is 5.69 Å². The van der Waals surface area contributed by atoms with Gasteiger partial charge in [-0.25, -0.2) is 0 Å². The van der Waals surface area contributed by atoms with E-state index in [1.807, 2.05) is 18.2 Å². The van der Waals surface area contributed by atoms with Crippen LogP contribution in [-0.4, -0.2) is 24.0 Å². The summed E-state index contributed by atoms with van der Waals surface area (Å²) in [5, 5.41) is 3.36. The quantitative estimate of drug-likeness (QED) is 0.889. The van der Waals surface area contributed by atoms with Gasteiger partial charge in [-0.1, -0.05) is 23.7 Å². The van der Waals surface area contributed by atoms with Gasteiger partial charge in [0.05, 0.1) is 0 Å². The number of aromatic nitrogens is 1. The molecule has 5 heteroatoms. The molecule has 0 spiro atoms. The minimum atomic E-state index is -0.166. The summed E-state index contributed by atoms with van der Waals surface area (Å²) in [7, 11) is 0. The van der Waals surface area contributed by atoms with Gasteiger partial charge >= 0.3 is 0 Å². The molecule has 4 nitrogen and oxygen atoms in total. The fraction of sp³-hybridized carbons (Fsp3) is 0.200. The summed E-state index contributed by atoms with van der Waals surface area (Å²) in [4.78, 5) is 15.8. The van der Waals surface area contributed by atoms with Gasteiger partial charge in [-0.15, -0.1) is 0 Å². The maximum atomic E-state index is 11.6. The topological polar surface area (TPSA) is 51.2 Å².